The molecule has 0 saturated heterocycles. The van der Waals surface area contributed by atoms with Crippen molar-refractivity contribution < 1.29 is 23.9 Å². The number of hydrogen-bond donors (Lipinski definition) is 1. The number of fused-ring (bicyclic) bond motifs is 1. The van der Waals surface area contributed by atoms with E-state index >= 15 is 0 Å². The fourth-order valence-corrected chi connectivity index (χ4v) is 4.80. The average molecular weight is 539 g/mol. The van der Waals surface area contributed by atoms with Gasteiger partial charge in [0.2, 0.25) is 5.91 Å². The molecule has 4 aromatic carbocycles. The van der Waals surface area contributed by atoms with Gasteiger partial charge in [0.15, 0.2) is 0 Å². The molecule has 196 valence electrons. The highest BCUT2D eigenvalue weighted by molar-refractivity contribution is 8.00. The second-order valence-corrected chi connectivity index (χ2v) is 9.91. The lowest BCUT2D eigenvalue weighted by molar-refractivity contribution is -0.113. The summed E-state index contributed by atoms with van der Waals surface area (Å²) >= 11 is 1.48. The molecule has 0 aliphatic carbocycles. The first kappa shape index (κ1) is 26.1. The van der Waals surface area contributed by atoms with E-state index in [1.165, 1.54) is 17.3 Å². The molecule has 0 aromatic heterocycles. The van der Waals surface area contributed by atoms with Crippen molar-refractivity contribution in [3.63, 3.8) is 0 Å². The molecular formula is C31H26N2O5S. The Morgan fingerprint density at radius 2 is 1.44 bits per heavy atom. The molecule has 0 radical (unpaired) electrons. The lowest BCUT2D eigenvalue weighted by atomic mass is 10.1. The van der Waals surface area contributed by atoms with E-state index < -0.39 is 5.91 Å². The van der Waals surface area contributed by atoms with Crippen LogP contribution in [0.15, 0.2) is 95.9 Å². The quantitative estimate of drug-likeness (QED) is 0.188. The molecule has 3 amide bonds. The van der Waals surface area contributed by atoms with E-state index in [-0.39, 0.29) is 17.4 Å². The van der Waals surface area contributed by atoms with Gasteiger partial charge in [0.25, 0.3) is 11.8 Å². The first-order valence-corrected chi connectivity index (χ1v) is 13.4. The van der Waals surface area contributed by atoms with Crippen molar-refractivity contribution in [2.45, 2.75) is 18.7 Å². The van der Waals surface area contributed by atoms with Gasteiger partial charge in [-0.15, -0.1) is 11.8 Å². The Morgan fingerprint density at radius 1 is 0.795 bits per heavy atom. The van der Waals surface area contributed by atoms with Crippen molar-refractivity contribution >= 4 is 40.9 Å². The van der Waals surface area contributed by atoms with E-state index in [1.807, 2.05) is 38.1 Å². The fraction of sp³-hybridized carbons (Fsp3) is 0.129. The van der Waals surface area contributed by atoms with Crippen LogP contribution in [0.4, 0.5) is 11.4 Å². The number of rotatable bonds is 9. The molecule has 4 aromatic rings. The van der Waals surface area contributed by atoms with E-state index in [4.69, 9.17) is 9.47 Å². The van der Waals surface area contributed by atoms with Crippen LogP contribution in [0.3, 0.4) is 0 Å². The molecule has 1 N–H and O–H groups in total. The van der Waals surface area contributed by atoms with E-state index in [1.54, 1.807) is 66.7 Å². The van der Waals surface area contributed by atoms with Crippen LogP contribution in [-0.4, -0.2) is 30.1 Å². The second kappa shape index (κ2) is 11.4. The molecule has 0 fully saturated rings. The van der Waals surface area contributed by atoms with Crippen molar-refractivity contribution in [2.24, 2.45) is 0 Å². The number of amides is 3. The molecular weight excluding hydrogens is 512 g/mol. The third-order valence-corrected chi connectivity index (χ3v) is 7.04. The average Bonchev–Trinajstić information content (AvgIpc) is 3.19. The summed E-state index contributed by atoms with van der Waals surface area (Å²) in [5, 5.41) is 2.88. The third kappa shape index (κ3) is 5.97. The largest absolute Gasteiger partial charge is 0.494 e. The van der Waals surface area contributed by atoms with Crippen LogP contribution >= 0.6 is 11.8 Å². The summed E-state index contributed by atoms with van der Waals surface area (Å²) in [6, 6.07) is 26.7. The molecule has 0 bridgehead atoms. The van der Waals surface area contributed by atoms with Crippen molar-refractivity contribution in [3.8, 4) is 17.2 Å². The first-order chi connectivity index (χ1) is 18.9. The minimum absolute atomic E-state index is 0.104. The molecule has 39 heavy (non-hydrogen) atoms. The number of aryl methyl sites for hydroxylation is 1. The number of nitrogens with one attached hydrogen (secondary N) is 1. The van der Waals surface area contributed by atoms with E-state index in [9.17, 15) is 14.4 Å². The molecule has 0 spiro atoms. The number of imide groups is 1. The molecule has 1 aliphatic rings. The fourth-order valence-electron chi connectivity index (χ4n) is 4.10. The summed E-state index contributed by atoms with van der Waals surface area (Å²) < 4.78 is 11.4. The van der Waals surface area contributed by atoms with Crippen LogP contribution in [0.25, 0.3) is 0 Å². The van der Waals surface area contributed by atoms with Gasteiger partial charge in [0.05, 0.1) is 29.2 Å². The summed E-state index contributed by atoms with van der Waals surface area (Å²) in [6.45, 7) is 4.44. The number of nitrogens with zero attached hydrogens (tertiary/aromatic N) is 1. The first-order valence-electron chi connectivity index (χ1n) is 12.4. The van der Waals surface area contributed by atoms with Gasteiger partial charge in [-0.1, -0.05) is 17.7 Å². The SMILES string of the molecule is CCOc1ccc(N2C(=O)c3ccc(Oc4ccc(NC(=O)CSc5ccc(C)cc5)cc4)cc3C2=O)cc1. The van der Waals surface area contributed by atoms with Gasteiger partial charge in [0, 0.05) is 10.6 Å². The summed E-state index contributed by atoms with van der Waals surface area (Å²) in [4.78, 5) is 40.6. The highest BCUT2D eigenvalue weighted by Gasteiger charge is 2.37. The lowest BCUT2D eigenvalue weighted by Crippen LogP contribution is -2.29. The maximum Gasteiger partial charge on any atom is 0.266 e. The lowest BCUT2D eigenvalue weighted by Gasteiger charge is -2.14. The second-order valence-electron chi connectivity index (χ2n) is 8.86. The highest BCUT2D eigenvalue weighted by Crippen LogP contribution is 2.33. The zero-order valence-corrected chi connectivity index (χ0v) is 22.3. The van der Waals surface area contributed by atoms with Crippen LogP contribution in [-0.2, 0) is 4.79 Å². The number of anilines is 2. The van der Waals surface area contributed by atoms with E-state index in [0.717, 1.165) is 9.80 Å². The predicted molar refractivity (Wildman–Crippen MR) is 152 cm³/mol. The Morgan fingerprint density at radius 3 is 2.13 bits per heavy atom. The van der Waals surface area contributed by atoms with Crippen molar-refractivity contribution in [1.29, 1.82) is 0 Å². The summed E-state index contributed by atoms with van der Waals surface area (Å²) in [5.41, 5.74) is 2.90. The van der Waals surface area contributed by atoms with Crippen molar-refractivity contribution in [2.75, 3.05) is 22.6 Å². The van der Waals surface area contributed by atoms with Crippen LogP contribution < -0.4 is 19.7 Å². The number of carbonyl (C=O) groups is 3. The Labute approximate surface area is 230 Å². The zero-order valence-electron chi connectivity index (χ0n) is 21.5. The molecule has 0 unspecified atom stereocenters. The van der Waals surface area contributed by atoms with Crippen LogP contribution in [0.1, 0.15) is 33.2 Å². The van der Waals surface area contributed by atoms with Gasteiger partial charge < -0.3 is 14.8 Å². The Bertz CT molecular complexity index is 1520. The molecule has 7 nitrogen and oxygen atoms in total. The maximum atomic E-state index is 13.1. The van der Waals surface area contributed by atoms with Crippen LogP contribution in [0.5, 0.6) is 17.2 Å². The van der Waals surface area contributed by atoms with E-state index in [0.29, 0.717) is 46.5 Å². The maximum absolute atomic E-state index is 13.1. The van der Waals surface area contributed by atoms with Gasteiger partial charge in [-0.05, 0) is 92.7 Å². The van der Waals surface area contributed by atoms with Crippen LogP contribution in [0.2, 0.25) is 0 Å². The number of benzene rings is 4. The number of carbonyl (C=O) groups excluding carboxylic acids is 3. The third-order valence-electron chi connectivity index (χ3n) is 6.03. The van der Waals surface area contributed by atoms with Crippen molar-refractivity contribution in [1.82, 2.24) is 0 Å². The number of ether oxygens (including phenoxy) is 2. The molecule has 1 heterocycles. The molecule has 0 atom stereocenters. The molecule has 8 heteroatoms. The normalized spacial score (nSPS) is 12.3. The zero-order chi connectivity index (χ0) is 27.4. The molecule has 5 rings (SSSR count). The summed E-state index contributed by atoms with van der Waals surface area (Å²) in [7, 11) is 0. The van der Waals surface area contributed by atoms with Crippen LogP contribution in [0, 0.1) is 6.92 Å². The number of hydrogen-bond acceptors (Lipinski definition) is 6. The van der Waals surface area contributed by atoms with E-state index in [2.05, 4.69) is 5.32 Å². The van der Waals surface area contributed by atoms with Gasteiger partial charge in [0.1, 0.15) is 17.2 Å². The summed E-state index contributed by atoms with van der Waals surface area (Å²) in [6.07, 6.45) is 0. The molecule has 0 saturated carbocycles. The van der Waals surface area contributed by atoms with Gasteiger partial charge in [-0.3, -0.25) is 14.4 Å². The number of thioether (sulfide) groups is 1. The Hall–Kier alpha value is -4.56. The van der Waals surface area contributed by atoms with Crippen molar-refractivity contribution in [3.05, 3.63) is 108 Å². The minimum atomic E-state index is -0.411. The van der Waals surface area contributed by atoms with Gasteiger partial charge in [-0.2, -0.15) is 0 Å². The van der Waals surface area contributed by atoms with Gasteiger partial charge in [-0.25, -0.2) is 4.90 Å². The Kier molecular flexibility index (Phi) is 7.65. The minimum Gasteiger partial charge on any atom is -0.494 e. The smallest absolute Gasteiger partial charge is 0.266 e. The monoisotopic (exact) mass is 538 g/mol. The standard InChI is InChI=1S/C31H26N2O5S/c1-3-37-23-12-8-22(9-13-23)33-30(35)27-17-14-25(18-28(27)31(33)36)38-24-10-6-21(7-11-24)32-29(34)19-39-26-15-4-20(2)5-16-26/h4-18H,3,19H2,1-2H3,(H,32,34). The topological polar surface area (TPSA) is 84.9 Å². The Balaban J connectivity index is 1.21. The predicted octanol–water partition coefficient (Wildman–Crippen LogP) is 6.72. The van der Waals surface area contributed by atoms with Gasteiger partial charge >= 0.3 is 0 Å². The summed E-state index contributed by atoms with van der Waals surface area (Å²) in [5.74, 6) is 1.03. The highest BCUT2D eigenvalue weighted by atomic mass is 32.2. The molecule has 1 aliphatic heterocycles.